The van der Waals surface area contributed by atoms with Crippen LogP contribution in [-0.2, 0) is 6.42 Å². The average Bonchev–Trinajstić information content (AvgIpc) is 2.77. The van der Waals surface area contributed by atoms with Gasteiger partial charge in [-0.25, -0.2) is 0 Å². The number of anilines is 1. The van der Waals surface area contributed by atoms with Crippen molar-refractivity contribution < 1.29 is 0 Å². The van der Waals surface area contributed by atoms with Crippen molar-refractivity contribution in [3.05, 3.63) is 63.6 Å². The third-order valence-electron chi connectivity index (χ3n) is 3.69. The first kappa shape index (κ1) is 11.8. The minimum Gasteiger partial charge on any atom is -0.378 e. The zero-order chi connectivity index (χ0) is 12.5. The maximum atomic E-state index is 3.67. The summed E-state index contributed by atoms with van der Waals surface area (Å²) in [5.41, 5.74) is 5.45. The van der Waals surface area contributed by atoms with Crippen LogP contribution in [0.5, 0.6) is 0 Å². The first-order valence-electron chi connectivity index (χ1n) is 6.35. The molecule has 0 aromatic heterocycles. The van der Waals surface area contributed by atoms with E-state index in [9.17, 15) is 0 Å². The van der Waals surface area contributed by atoms with Crippen molar-refractivity contribution in [1.29, 1.82) is 0 Å². The predicted octanol–water partition coefficient (Wildman–Crippen LogP) is 4.86. The number of aryl methyl sites for hydroxylation is 1. The van der Waals surface area contributed by atoms with Crippen molar-refractivity contribution in [2.24, 2.45) is 0 Å². The van der Waals surface area contributed by atoms with Crippen LogP contribution < -0.4 is 5.32 Å². The molecule has 1 atom stereocenters. The summed E-state index contributed by atoms with van der Waals surface area (Å²) in [6, 6.07) is 15.4. The molecule has 0 aliphatic heterocycles. The fourth-order valence-electron chi connectivity index (χ4n) is 2.68. The Morgan fingerprint density at radius 3 is 2.78 bits per heavy atom. The molecule has 0 heterocycles. The van der Waals surface area contributed by atoms with Gasteiger partial charge in [-0.15, -0.1) is 0 Å². The molecule has 1 aliphatic rings. The summed E-state index contributed by atoms with van der Waals surface area (Å²) in [6.07, 6.45) is 2.33. The molecule has 18 heavy (non-hydrogen) atoms. The molecule has 3 rings (SSSR count). The molecule has 92 valence electrons. The van der Waals surface area contributed by atoms with Crippen LogP contribution in [0, 0.1) is 6.92 Å². The Hall–Kier alpha value is -1.28. The van der Waals surface area contributed by atoms with Gasteiger partial charge in [0.25, 0.3) is 0 Å². The van der Waals surface area contributed by atoms with E-state index in [2.05, 4.69) is 70.6 Å². The lowest BCUT2D eigenvalue weighted by molar-refractivity contribution is 0.761. The van der Waals surface area contributed by atoms with Gasteiger partial charge in [-0.1, -0.05) is 46.3 Å². The third kappa shape index (κ3) is 2.05. The van der Waals surface area contributed by atoms with Crippen LogP contribution in [0.2, 0.25) is 0 Å². The zero-order valence-electron chi connectivity index (χ0n) is 10.4. The summed E-state index contributed by atoms with van der Waals surface area (Å²) in [5.74, 6) is 0. The van der Waals surface area contributed by atoms with Crippen LogP contribution in [0.25, 0.3) is 0 Å². The number of para-hydroxylation sites is 1. The quantitative estimate of drug-likeness (QED) is 0.835. The van der Waals surface area contributed by atoms with Gasteiger partial charge in [0.05, 0.1) is 6.04 Å². The van der Waals surface area contributed by atoms with E-state index in [1.54, 1.807) is 0 Å². The highest BCUT2D eigenvalue weighted by Crippen LogP contribution is 2.37. The van der Waals surface area contributed by atoms with E-state index in [1.807, 2.05) is 0 Å². The normalized spacial score (nSPS) is 17.6. The van der Waals surface area contributed by atoms with Crippen LogP contribution in [-0.4, -0.2) is 0 Å². The van der Waals surface area contributed by atoms with Crippen LogP contribution >= 0.6 is 15.9 Å². The lowest BCUT2D eigenvalue weighted by atomic mass is 10.1. The Balaban J connectivity index is 1.90. The number of halogens is 1. The molecule has 1 N–H and O–H groups in total. The number of hydrogen-bond acceptors (Lipinski definition) is 1. The molecule has 2 aromatic carbocycles. The van der Waals surface area contributed by atoms with E-state index in [-0.39, 0.29) is 0 Å². The Bertz CT molecular complexity index is 577. The number of fused-ring (bicyclic) bond motifs is 1. The Morgan fingerprint density at radius 1 is 1.11 bits per heavy atom. The molecular formula is C16H16BrN. The summed E-state index contributed by atoms with van der Waals surface area (Å²) in [5, 5.41) is 3.67. The Morgan fingerprint density at radius 2 is 1.94 bits per heavy atom. The third-order valence-corrected chi connectivity index (χ3v) is 4.43. The van der Waals surface area contributed by atoms with E-state index in [1.165, 1.54) is 33.3 Å². The smallest absolute Gasteiger partial charge is 0.0520 e. The van der Waals surface area contributed by atoms with Gasteiger partial charge in [-0.05, 0) is 48.6 Å². The topological polar surface area (TPSA) is 12.0 Å². The minimum atomic E-state index is 0.443. The first-order valence-corrected chi connectivity index (χ1v) is 7.14. The molecule has 0 saturated carbocycles. The lowest BCUT2D eigenvalue weighted by Crippen LogP contribution is -2.07. The summed E-state index contributed by atoms with van der Waals surface area (Å²) >= 11 is 3.65. The van der Waals surface area contributed by atoms with E-state index >= 15 is 0 Å². The molecule has 2 aromatic rings. The molecule has 0 amide bonds. The van der Waals surface area contributed by atoms with Crippen molar-refractivity contribution in [3.8, 4) is 0 Å². The molecule has 0 bridgehead atoms. The van der Waals surface area contributed by atoms with Crippen LogP contribution in [0.1, 0.15) is 29.2 Å². The fraction of sp³-hybridized carbons (Fsp3) is 0.250. The number of benzene rings is 2. The summed E-state index contributed by atoms with van der Waals surface area (Å²) in [6.45, 7) is 2.15. The second-order valence-electron chi connectivity index (χ2n) is 4.86. The van der Waals surface area contributed by atoms with E-state index < -0.39 is 0 Å². The molecule has 0 saturated heterocycles. The standard InChI is InChI=1S/C16H16BrN/c1-11-5-2-3-8-15(11)18-16-10-9-12-13(16)6-4-7-14(12)17/h2-8,16,18H,9-10H2,1H3. The number of hydrogen-bond donors (Lipinski definition) is 1. The summed E-state index contributed by atoms with van der Waals surface area (Å²) < 4.78 is 1.24. The molecule has 2 heteroatoms. The van der Waals surface area contributed by atoms with Crippen molar-refractivity contribution >= 4 is 21.6 Å². The van der Waals surface area contributed by atoms with Crippen LogP contribution in [0.4, 0.5) is 5.69 Å². The molecule has 0 spiro atoms. The number of rotatable bonds is 2. The summed E-state index contributed by atoms with van der Waals surface area (Å²) in [4.78, 5) is 0. The Labute approximate surface area is 116 Å². The lowest BCUT2D eigenvalue weighted by Gasteiger charge is -2.17. The van der Waals surface area contributed by atoms with Gasteiger partial charge in [-0.3, -0.25) is 0 Å². The average molecular weight is 302 g/mol. The van der Waals surface area contributed by atoms with Gasteiger partial charge in [-0.2, -0.15) is 0 Å². The second kappa shape index (κ2) is 4.77. The largest absolute Gasteiger partial charge is 0.378 e. The van der Waals surface area contributed by atoms with Crippen LogP contribution in [0.3, 0.4) is 0 Å². The summed E-state index contributed by atoms with van der Waals surface area (Å²) in [7, 11) is 0. The minimum absolute atomic E-state index is 0.443. The van der Waals surface area contributed by atoms with Gasteiger partial charge in [0.2, 0.25) is 0 Å². The maximum absolute atomic E-state index is 3.67. The SMILES string of the molecule is Cc1ccccc1NC1CCc2c(Br)cccc21. The molecule has 1 aliphatic carbocycles. The van der Waals surface area contributed by atoms with E-state index in [0.29, 0.717) is 6.04 Å². The zero-order valence-corrected chi connectivity index (χ0v) is 12.0. The van der Waals surface area contributed by atoms with Gasteiger partial charge in [0.15, 0.2) is 0 Å². The molecule has 1 nitrogen and oxygen atoms in total. The molecule has 0 radical (unpaired) electrons. The highest BCUT2D eigenvalue weighted by molar-refractivity contribution is 9.10. The first-order chi connectivity index (χ1) is 8.75. The van der Waals surface area contributed by atoms with Crippen LogP contribution in [0.15, 0.2) is 46.9 Å². The highest BCUT2D eigenvalue weighted by Gasteiger charge is 2.23. The van der Waals surface area contributed by atoms with Crippen molar-refractivity contribution in [3.63, 3.8) is 0 Å². The van der Waals surface area contributed by atoms with Gasteiger partial charge >= 0.3 is 0 Å². The van der Waals surface area contributed by atoms with Gasteiger partial charge in [0, 0.05) is 10.2 Å². The monoisotopic (exact) mass is 301 g/mol. The van der Waals surface area contributed by atoms with Gasteiger partial charge in [0.1, 0.15) is 0 Å². The van der Waals surface area contributed by atoms with Crippen molar-refractivity contribution in [2.45, 2.75) is 25.8 Å². The Kier molecular flexibility index (Phi) is 3.13. The number of nitrogens with one attached hydrogen (secondary N) is 1. The predicted molar refractivity (Wildman–Crippen MR) is 80.0 cm³/mol. The molecule has 0 fully saturated rings. The van der Waals surface area contributed by atoms with Gasteiger partial charge < -0.3 is 5.32 Å². The fourth-order valence-corrected chi connectivity index (χ4v) is 3.26. The van der Waals surface area contributed by atoms with Crippen molar-refractivity contribution in [1.82, 2.24) is 0 Å². The highest BCUT2D eigenvalue weighted by atomic mass is 79.9. The molecule has 1 unspecified atom stereocenters. The van der Waals surface area contributed by atoms with E-state index in [0.717, 1.165) is 6.42 Å². The molecular weight excluding hydrogens is 286 g/mol. The van der Waals surface area contributed by atoms with Crippen molar-refractivity contribution in [2.75, 3.05) is 5.32 Å². The van der Waals surface area contributed by atoms with E-state index in [4.69, 9.17) is 0 Å². The second-order valence-corrected chi connectivity index (χ2v) is 5.71. The maximum Gasteiger partial charge on any atom is 0.0520 e.